The van der Waals surface area contributed by atoms with Gasteiger partial charge >= 0.3 is 0 Å². The van der Waals surface area contributed by atoms with Crippen molar-refractivity contribution in [2.45, 2.75) is 53.6 Å². The minimum absolute atomic E-state index is 0.101. The minimum Gasteiger partial charge on any atom is -0.300 e. The van der Waals surface area contributed by atoms with E-state index in [1.165, 1.54) is 43.4 Å². The SMILES string of the molecule is C=CCSc1nnc(NC(=O)CC23CC4CC(CC(Br)(C4)C2)C3)s1. The van der Waals surface area contributed by atoms with Gasteiger partial charge in [0.25, 0.3) is 0 Å². The van der Waals surface area contributed by atoms with Gasteiger partial charge in [0, 0.05) is 16.5 Å². The summed E-state index contributed by atoms with van der Waals surface area (Å²) in [4.78, 5) is 12.6. The molecule has 130 valence electrons. The summed E-state index contributed by atoms with van der Waals surface area (Å²) in [6.07, 6.45) is 10.0. The molecule has 4 aliphatic carbocycles. The van der Waals surface area contributed by atoms with Gasteiger partial charge in [0.05, 0.1) is 0 Å². The number of thioether (sulfide) groups is 1. The molecule has 0 aromatic carbocycles. The Labute approximate surface area is 159 Å². The first-order chi connectivity index (χ1) is 11.5. The third-order valence-electron chi connectivity index (χ3n) is 5.62. The van der Waals surface area contributed by atoms with Crippen LogP contribution in [0.3, 0.4) is 0 Å². The van der Waals surface area contributed by atoms with Gasteiger partial charge in [-0.25, -0.2) is 0 Å². The molecule has 4 saturated carbocycles. The van der Waals surface area contributed by atoms with Crippen LogP contribution in [0.1, 0.15) is 44.9 Å². The number of hydrogen-bond acceptors (Lipinski definition) is 5. The highest BCUT2D eigenvalue weighted by Gasteiger charge is 2.57. The van der Waals surface area contributed by atoms with E-state index in [1.54, 1.807) is 11.8 Å². The molecule has 0 aliphatic heterocycles. The second kappa shape index (κ2) is 6.40. The van der Waals surface area contributed by atoms with E-state index < -0.39 is 0 Å². The molecule has 4 nitrogen and oxygen atoms in total. The summed E-state index contributed by atoms with van der Waals surface area (Å²) < 4.78 is 1.17. The van der Waals surface area contributed by atoms with Crippen LogP contribution in [-0.2, 0) is 4.79 Å². The van der Waals surface area contributed by atoms with Crippen LogP contribution in [-0.4, -0.2) is 26.2 Å². The highest BCUT2D eigenvalue weighted by molar-refractivity contribution is 9.10. The summed E-state index contributed by atoms with van der Waals surface area (Å²) >= 11 is 7.05. The monoisotopic (exact) mass is 427 g/mol. The standard InChI is InChI=1S/C17H22BrN3OS2/c1-2-3-23-15-21-20-14(24-15)19-13(22)9-16-5-11-4-12(6-16)8-17(18,7-11)10-16/h2,11-12H,1,3-10H2,(H,19,20,22). The molecular formula is C17H22BrN3OS2. The molecule has 2 unspecified atom stereocenters. The summed E-state index contributed by atoms with van der Waals surface area (Å²) in [7, 11) is 0. The normalized spacial score (nSPS) is 36.7. The van der Waals surface area contributed by atoms with Crippen molar-refractivity contribution in [2.24, 2.45) is 17.3 Å². The highest BCUT2D eigenvalue weighted by Crippen LogP contribution is 2.65. The molecule has 24 heavy (non-hydrogen) atoms. The van der Waals surface area contributed by atoms with E-state index in [0.717, 1.165) is 28.3 Å². The van der Waals surface area contributed by atoms with E-state index in [1.807, 2.05) is 6.08 Å². The Balaban J connectivity index is 1.39. The molecule has 4 aliphatic rings. The van der Waals surface area contributed by atoms with Crippen molar-refractivity contribution >= 4 is 50.1 Å². The Bertz CT molecular complexity index is 648. The van der Waals surface area contributed by atoms with Gasteiger partial charge < -0.3 is 5.32 Å². The number of nitrogens with one attached hydrogen (secondary N) is 1. The molecular weight excluding hydrogens is 406 g/mol. The molecule has 1 heterocycles. The summed E-state index contributed by atoms with van der Waals surface area (Å²) in [5.74, 6) is 2.52. The number of aromatic nitrogens is 2. The smallest absolute Gasteiger partial charge is 0.226 e. The topological polar surface area (TPSA) is 54.9 Å². The fraction of sp³-hybridized carbons (Fsp3) is 0.706. The minimum atomic E-state index is 0.101. The number of carbonyl (C=O) groups is 1. The second-order valence-corrected chi connectivity index (χ2v) is 11.7. The van der Waals surface area contributed by atoms with Crippen LogP contribution in [0.4, 0.5) is 5.13 Å². The van der Waals surface area contributed by atoms with Crippen LogP contribution in [0.25, 0.3) is 0 Å². The van der Waals surface area contributed by atoms with Crippen molar-refractivity contribution in [3.8, 4) is 0 Å². The molecule has 4 bridgehead atoms. The number of amides is 1. The molecule has 2 atom stereocenters. The van der Waals surface area contributed by atoms with Crippen molar-refractivity contribution in [2.75, 3.05) is 11.1 Å². The zero-order valence-electron chi connectivity index (χ0n) is 13.6. The lowest BCUT2D eigenvalue weighted by molar-refractivity contribution is -0.123. The molecule has 4 fully saturated rings. The first-order valence-electron chi connectivity index (χ1n) is 8.54. The second-order valence-electron chi connectivity index (χ2n) is 7.81. The van der Waals surface area contributed by atoms with Gasteiger partial charge in [-0.3, -0.25) is 4.79 Å². The number of carbonyl (C=O) groups excluding carboxylic acids is 1. The van der Waals surface area contributed by atoms with Crippen molar-refractivity contribution in [1.82, 2.24) is 10.2 Å². The maximum atomic E-state index is 12.6. The van der Waals surface area contributed by atoms with Crippen LogP contribution in [0.2, 0.25) is 0 Å². The molecule has 0 spiro atoms. The first-order valence-corrected chi connectivity index (χ1v) is 11.1. The van der Waals surface area contributed by atoms with Gasteiger partial charge in [0.1, 0.15) is 0 Å². The lowest BCUT2D eigenvalue weighted by atomic mass is 9.48. The van der Waals surface area contributed by atoms with E-state index >= 15 is 0 Å². The predicted octanol–water partition coefficient (Wildman–Crippen LogP) is 4.88. The van der Waals surface area contributed by atoms with Gasteiger partial charge in [-0.2, -0.15) is 0 Å². The summed E-state index contributed by atoms with van der Waals surface area (Å²) in [6, 6.07) is 0. The number of alkyl halides is 1. The van der Waals surface area contributed by atoms with E-state index in [4.69, 9.17) is 0 Å². The van der Waals surface area contributed by atoms with Gasteiger partial charge in [-0.05, 0) is 55.8 Å². The number of nitrogens with zero attached hydrogens (tertiary/aromatic N) is 2. The third-order valence-corrected chi connectivity index (χ3v) is 8.52. The molecule has 0 radical (unpaired) electrons. The Morgan fingerprint density at radius 3 is 2.79 bits per heavy atom. The number of rotatable bonds is 6. The highest BCUT2D eigenvalue weighted by atomic mass is 79.9. The third kappa shape index (κ3) is 3.44. The Morgan fingerprint density at radius 2 is 2.12 bits per heavy atom. The molecule has 1 aromatic rings. The molecule has 0 saturated heterocycles. The van der Waals surface area contributed by atoms with Crippen LogP contribution >= 0.6 is 39.0 Å². The van der Waals surface area contributed by atoms with Crippen LogP contribution in [0.5, 0.6) is 0 Å². The Hall–Kier alpha value is -0.400. The Kier molecular flexibility index (Phi) is 4.54. The summed E-state index contributed by atoms with van der Waals surface area (Å²) in [5, 5.41) is 11.8. The number of anilines is 1. The summed E-state index contributed by atoms with van der Waals surface area (Å²) in [6.45, 7) is 3.70. The molecule has 5 rings (SSSR count). The van der Waals surface area contributed by atoms with E-state index in [-0.39, 0.29) is 11.3 Å². The number of hydrogen-bond donors (Lipinski definition) is 1. The fourth-order valence-corrected chi connectivity index (χ4v) is 8.54. The maximum Gasteiger partial charge on any atom is 0.226 e. The first kappa shape index (κ1) is 17.0. The van der Waals surface area contributed by atoms with Crippen molar-refractivity contribution < 1.29 is 4.79 Å². The maximum absolute atomic E-state index is 12.6. The Morgan fingerprint density at radius 1 is 1.38 bits per heavy atom. The number of halogens is 1. The zero-order valence-corrected chi connectivity index (χ0v) is 16.8. The molecule has 1 N–H and O–H groups in total. The molecule has 7 heteroatoms. The largest absolute Gasteiger partial charge is 0.300 e. The summed E-state index contributed by atoms with van der Waals surface area (Å²) in [5.41, 5.74) is 0.197. The predicted molar refractivity (Wildman–Crippen MR) is 103 cm³/mol. The van der Waals surface area contributed by atoms with Crippen LogP contribution in [0.15, 0.2) is 17.0 Å². The van der Waals surface area contributed by atoms with Crippen molar-refractivity contribution in [3.05, 3.63) is 12.7 Å². The van der Waals surface area contributed by atoms with Crippen molar-refractivity contribution in [1.29, 1.82) is 0 Å². The zero-order chi connectivity index (χ0) is 16.8. The lowest BCUT2D eigenvalue weighted by Gasteiger charge is -2.60. The van der Waals surface area contributed by atoms with E-state index in [2.05, 4.69) is 38.0 Å². The molecule has 1 amide bonds. The van der Waals surface area contributed by atoms with Crippen molar-refractivity contribution in [3.63, 3.8) is 0 Å². The molecule has 1 aromatic heterocycles. The van der Waals surface area contributed by atoms with Gasteiger partial charge in [-0.15, -0.1) is 16.8 Å². The van der Waals surface area contributed by atoms with Gasteiger partial charge in [0.15, 0.2) is 4.34 Å². The lowest BCUT2D eigenvalue weighted by Crippen LogP contribution is -2.53. The van der Waals surface area contributed by atoms with Crippen LogP contribution in [0, 0.1) is 17.3 Å². The van der Waals surface area contributed by atoms with Crippen LogP contribution < -0.4 is 5.32 Å². The average Bonchev–Trinajstić information content (AvgIpc) is 2.89. The fourth-order valence-electron chi connectivity index (χ4n) is 5.50. The van der Waals surface area contributed by atoms with Gasteiger partial charge in [0.2, 0.25) is 11.0 Å². The quantitative estimate of drug-likeness (QED) is 0.304. The van der Waals surface area contributed by atoms with E-state index in [0.29, 0.717) is 15.9 Å². The van der Waals surface area contributed by atoms with Gasteiger partial charge in [-0.1, -0.05) is 45.1 Å². The average molecular weight is 428 g/mol. The van der Waals surface area contributed by atoms with E-state index in [9.17, 15) is 4.79 Å².